The number of hydrogen-bond donors (Lipinski definition) is 5. The van der Waals surface area contributed by atoms with Gasteiger partial charge in [-0.15, -0.1) is 11.8 Å². The first-order valence-electron chi connectivity index (χ1n) is 13.1. The average Bonchev–Trinajstić information content (AvgIpc) is 3.37. The lowest BCUT2D eigenvalue weighted by Gasteiger charge is -2.55. The van der Waals surface area contributed by atoms with Crippen LogP contribution in [0.1, 0.15) is 38.9 Å². The largest absolute Gasteiger partial charge is 0.478 e. The fourth-order valence-electron chi connectivity index (χ4n) is 5.80. The van der Waals surface area contributed by atoms with Gasteiger partial charge in [0.05, 0.1) is 25.0 Å². The van der Waals surface area contributed by atoms with Crippen LogP contribution in [-0.4, -0.2) is 113 Å². The molecule has 4 fully saturated rings. The minimum absolute atomic E-state index is 0.0228. The molecule has 0 spiro atoms. The molecule has 42 heavy (non-hydrogen) atoms. The van der Waals surface area contributed by atoms with Gasteiger partial charge in [-0.25, -0.2) is 9.59 Å². The van der Waals surface area contributed by atoms with E-state index < -0.39 is 51.9 Å². The van der Waals surface area contributed by atoms with Crippen LogP contribution in [-0.2, 0) is 28.8 Å². The number of nitrogens with one attached hydrogen (secondary N) is 1. The number of nitrogens with zero attached hydrogens (tertiary/aromatic N) is 5. The van der Waals surface area contributed by atoms with Crippen molar-refractivity contribution in [2.75, 3.05) is 37.7 Å². The van der Waals surface area contributed by atoms with Crippen LogP contribution in [0.15, 0.2) is 16.4 Å². The van der Waals surface area contributed by atoms with Gasteiger partial charge in [0.25, 0.3) is 11.8 Å². The molecule has 5 aliphatic rings. The van der Waals surface area contributed by atoms with Gasteiger partial charge in [-0.2, -0.15) is 9.36 Å². The standard InChI is InChI=1S/C24H30N8O8S2/c1-23(2,21(38)39)40-29-12(15-28-22(26)42-30-15)16(33)27-13-17(34)31-14(19(35)36)11(10-41-18(13)31)9-32-6-3-24(4-7-32,5-8-32)20(25)37/h13,18H,3-10H2,1-2H3,(H6-,25,26,27,28,30,33,35,36,37,38,39)/p+1/b29-12-/t13-,18-,24?,32?/m1/s1. The Morgan fingerprint density at radius 1 is 1.21 bits per heavy atom. The van der Waals surface area contributed by atoms with E-state index in [0.29, 0.717) is 61.3 Å². The third kappa shape index (κ3) is 5.06. The van der Waals surface area contributed by atoms with E-state index in [0.717, 1.165) is 11.5 Å². The van der Waals surface area contributed by atoms with Crippen LogP contribution < -0.4 is 16.8 Å². The molecule has 1 aromatic rings. The molecule has 3 amide bonds. The van der Waals surface area contributed by atoms with E-state index in [1.54, 1.807) is 0 Å². The van der Waals surface area contributed by atoms with Gasteiger partial charge in [0.2, 0.25) is 23.0 Å². The number of quaternary nitrogens is 1. The normalized spacial score (nSPS) is 29.0. The van der Waals surface area contributed by atoms with Crippen molar-refractivity contribution in [3.63, 3.8) is 0 Å². The molecule has 1 aromatic heterocycles. The van der Waals surface area contributed by atoms with Crippen molar-refractivity contribution in [1.82, 2.24) is 19.6 Å². The molecule has 0 aliphatic carbocycles. The monoisotopic (exact) mass is 623 g/mol. The molecule has 0 aromatic carbocycles. The van der Waals surface area contributed by atoms with Crippen LogP contribution in [0.2, 0.25) is 0 Å². The molecule has 4 saturated heterocycles. The average molecular weight is 624 g/mol. The number of carboxylic acids is 2. The number of nitrogens with two attached hydrogens (primary N) is 2. The van der Waals surface area contributed by atoms with E-state index in [4.69, 9.17) is 16.3 Å². The number of aliphatic carboxylic acids is 2. The van der Waals surface area contributed by atoms with Gasteiger partial charge < -0.3 is 36.3 Å². The number of fused-ring (bicyclic) bond motifs is 4. The predicted octanol–water partition coefficient (Wildman–Crippen LogP) is -1.07. The first kappa shape index (κ1) is 29.7. The number of thioether (sulfide) groups is 1. The number of anilines is 1. The van der Waals surface area contributed by atoms with Crippen LogP contribution in [0, 0.1) is 5.41 Å². The molecule has 18 heteroatoms. The number of β-lactam (4-membered cyclic amide) rings is 1. The minimum atomic E-state index is -1.79. The Kier molecular flexibility index (Phi) is 7.43. The molecule has 16 nitrogen and oxygen atoms in total. The van der Waals surface area contributed by atoms with Crippen molar-refractivity contribution in [2.24, 2.45) is 16.3 Å². The van der Waals surface area contributed by atoms with Crippen molar-refractivity contribution in [3.8, 4) is 0 Å². The van der Waals surface area contributed by atoms with Crippen LogP contribution in [0.25, 0.3) is 0 Å². The third-order valence-electron chi connectivity index (χ3n) is 8.53. The number of carboxylic acid groups (broad SMARTS) is 2. The predicted molar refractivity (Wildman–Crippen MR) is 149 cm³/mol. The molecule has 2 atom stereocenters. The first-order chi connectivity index (χ1) is 19.7. The lowest BCUT2D eigenvalue weighted by atomic mass is 9.70. The summed E-state index contributed by atoms with van der Waals surface area (Å²) >= 11 is 2.11. The summed E-state index contributed by atoms with van der Waals surface area (Å²) in [6.07, 6.45) is 1.96. The number of nitrogen functional groups attached to an aromatic ring is 1. The Morgan fingerprint density at radius 2 is 1.86 bits per heavy atom. The summed E-state index contributed by atoms with van der Waals surface area (Å²) < 4.78 is 4.58. The van der Waals surface area contributed by atoms with Crippen LogP contribution in [0.3, 0.4) is 0 Å². The van der Waals surface area contributed by atoms with Crippen molar-refractivity contribution in [3.05, 3.63) is 17.1 Å². The SMILES string of the molecule is CC(C)(O/N=C(\C(=O)N[C@@H]1C(=O)N2C(C(=O)O)=C(C[N+]34CCC(C(N)=O)(CC3)CC4)CS[C@H]12)c1nsc(N)n1)C(=O)O. The van der Waals surface area contributed by atoms with Gasteiger partial charge in [-0.3, -0.25) is 19.3 Å². The van der Waals surface area contributed by atoms with Crippen LogP contribution in [0.4, 0.5) is 5.13 Å². The number of rotatable bonds is 10. The van der Waals surface area contributed by atoms with Gasteiger partial charge in [0.15, 0.2) is 5.13 Å². The highest BCUT2D eigenvalue weighted by molar-refractivity contribution is 8.00. The summed E-state index contributed by atoms with van der Waals surface area (Å²) in [5, 5.41) is 25.0. The number of amides is 3. The molecule has 226 valence electrons. The molecule has 5 aliphatic heterocycles. The lowest BCUT2D eigenvalue weighted by molar-refractivity contribution is -0.940. The lowest BCUT2D eigenvalue weighted by Crippen LogP contribution is -2.71. The fraction of sp³-hybridized carbons (Fsp3) is 0.583. The first-order valence-corrected chi connectivity index (χ1v) is 15.0. The minimum Gasteiger partial charge on any atom is -0.478 e. The third-order valence-corrected chi connectivity index (χ3v) is 10.4. The van der Waals surface area contributed by atoms with E-state index in [1.807, 2.05) is 0 Å². The molecule has 2 bridgehead atoms. The molecule has 7 N–H and O–H groups in total. The topological polar surface area (TPSA) is 240 Å². The molecule has 6 heterocycles. The summed E-state index contributed by atoms with van der Waals surface area (Å²) in [5.74, 6) is -4.27. The zero-order valence-corrected chi connectivity index (χ0v) is 24.5. The molecular formula is C24H31N8O8S2+. The Bertz CT molecular complexity index is 1410. The highest BCUT2D eigenvalue weighted by Crippen LogP contribution is 2.46. The van der Waals surface area contributed by atoms with Crippen molar-refractivity contribution >= 4 is 63.8 Å². The van der Waals surface area contributed by atoms with Crippen molar-refractivity contribution in [2.45, 2.75) is 50.1 Å². The van der Waals surface area contributed by atoms with Gasteiger partial charge in [-0.1, -0.05) is 5.16 Å². The summed E-state index contributed by atoms with van der Waals surface area (Å²) in [6, 6.07) is -1.08. The highest BCUT2D eigenvalue weighted by atomic mass is 32.2. The molecule has 0 unspecified atom stereocenters. The van der Waals surface area contributed by atoms with E-state index in [-0.39, 0.29) is 22.6 Å². The zero-order chi connectivity index (χ0) is 30.6. The van der Waals surface area contributed by atoms with Gasteiger partial charge in [0.1, 0.15) is 23.7 Å². The number of carbonyl (C=O) groups is 5. The van der Waals surface area contributed by atoms with E-state index in [2.05, 4.69) is 19.8 Å². The van der Waals surface area contributed by atoms with Gasteiger partial charge in [0, 0.05) is 42.1 Å². The number of carbonyl (C=O) groups excluding carboxylic acids is 3. The maximum atomic E-state index is 13.3. The van der Waals surface area contributed by atoms with Gasteiger partial charge in [-0.05, 0) is 13.8 Å². The Morgan fingerprint density at radius 3 is 2.38 bits per heavy atom. The molecular weight excluding hydrogens is 592 g/mol. The van der Waals surface area contributed by atoms with E-state index >= 15 is 0 Å². The maximum absolute atomic E-state index is 13.3. The number of piperidine rings is 3. The number of oxime groups is 1. The smallest absolute Gasteiger partial charge is 0.352 e. The van der Waals surface area contributed by atoms with Crippen molar-refractivity contribution in [1.29, 1.82) is 0 Å². The number of aromatic nitrogens is 2. The Labute approximate surface area is 247 Å². The molecule has 0 saturated carbocycles. The van der Waals surface area contributed by atoms with E-state index in [9.17, 15) is 34.2 Å². The summed E-state index contributed by atoms with van der Waals surface area (Å²) in [4.78, 5) is 72.6. The summed E-state index contributed by atoms with van der Waals surface area (Å²) in [7, 11) is 0. The Balaban J connectivity index is 1.33. The second kappa shape index (κ2) is 10.5. The van der Waals surface area contributed by atoms with E-state index in [1.165, 1.54) is 30.5 Å². The summed E-state index contributed by atoms with van der Waals surface area (Å²) in [6.45, 7) is 5.02. The van der Waals surface area contributed by atoms with Crippen LogP contribution in [0.5, 0.6) is 0 Å². The fourth-order valence-corrected chi connectivity index (χ4v) is 7.57. The number of hydrogen-bond acceptors (Lipinski definition) is 12. The molecule has 6 rings (SSSR count). The summed E-state index contributed by atoms with van der Waals surface area (Å²) in [5.41, 5.74) is 9.09. The second-order valence-electron chi connectivity index (χ2n) is 11.5. The highest BCUT2D eigenvalue weighted by Gasteiger charge is 2.57. The maximum Gasteiger partial charge on any atom is 0.352 e. The zero-order valence-electron chi connectivity index (χ0n) is 22.9. The second-order valence-corrected chi connectivity index (χ2v) is 13.4. The molecule has 0 radical (unpaired) electrons. The van der Waals surface area contributed by atoms with Crippen LogP contribution >= 0.6 is 23.3 Å². The van der Waals surface area contributed by atoms with Gasteiger partial charge >= 0.3 is 11.9 Å². The van der Waals surface area contributed by atoms with Crippen molar-refractivity contribution < 1.29 is 43.5 Å². The quantitative estimate of drug-likeness (QED) is 0.0906. The number of primary amides is 1. The Hall–Kier alpha value is -3.77.